The summed E-state index contributed by atoms with van der Waals surface area (Å²) < 4.78 is 24.4. The fourth-order valence-corrected chi connectivity index (χ4v) is 2.57. The zero-order valence-corrected chi connectivity index (χ0v) is 15.9. The highest BCUT2D eigenvalue weighted by molar-refractivity contribution is 5.96. The minimum Gasteiger partial charge on any atom is -0.488 e. The monoisotopic (exact) mass is 393 g/mol. The van der Waals surface area contributed by atoms with Crippen molar-refractivity contribution in [3.8, 4) is 5.75 Å². The summed E-state index contributed by atoms with van der Waals surface area (Å²) in [6.07, 6.45) is 0. The number of rotatable bonds is 7. The largest absolute Gasteiger partial charge is 0.488 e. The standard InChI is InChI=1S/C23H20FNO4/c1-16-11-12-18(13-20(16)24)25-22(26)15-29-23(27)19-9-5-6-10-21(19)28-14-17-7-3-2-4-8-17/h2-13H,14-15H2,1H3,(H,25,26). The van der Waals surface area contributed by atoms with Gasteiger partial charge in [0.05, 0.1) is 0 Å². The van der Waals surface area contributed by atoms with E-state index in [1.54, 1.807) is 43.3 Å². The van der Waals surface area contributed by atoms with Gasteiger partial charge in [0.2, 0.25) is 0 Å². The molecule has 0 aliphatic rings. The van der Waals surface area contributed by atoms with E-state index in [1.165, 1.54) is 6.07 Å². The number of benzene rings is 3. The first-order chi connectivity index (χ1) is 14.0. The van der Waals surface area contributed by atoms with Crippen molar-refractivity contribution in [1.29, 1.82) is 0 Å². The van der Waals surface area contributed by atoms with E-state index in [2.05, 4.69) is 5.32 Å². The lowest BCUT2D eigenvalue weighted by atomic mass is 10.2. The number of halogens is 1. The van der Waals surface area contributed by atoms with Crippen molar-refractivity contribution >= 4 is 17.6 Å². The fraction of sp³-hybridized carbons (Fsp3) is 0.130. The first-order valence-corrected chi connectivity index (χ1v) is 9.02. The van der Waals surface area contributed by atoms with Crippen LogP contribution in [0.3, 0.4) is 0 Å². The third-order valence-electron chi connectivity index (χ3n) is 4.13. The van der Waals surface area contributed by atoms with Crippen LogP contribution in [0.5, 0.6) is 5.75 Å². The molecule has 3 rings (SSSR count). The van der Waals surface area contributed by atoms with E-state index in [-0.39, 0.29) is 5.56 Å². The predicted octanol–water partition coefficient (Wildman–Crippen LogP) is 4.51. The summed E-state index contributed by atoms with van der Waals surface area (Å²) in [6.45, 7) is 1.42. The van der Waals surface area contributed by atoms with Crippen molar-refractivity contribution in [2.75, 3.05) is 11.9 Å². The van der Waals surface area contributed by atoms with Crippen LogP contribution in [0.15, 0.2) is 72.8 Å². The predicted molar refractivity (Wildman–Crippen MR) is 107 cm³/mol. The van der Waals surface area contributed by atoms with Gasteiger partial charge >= 0.3 is 5.97 Å². The van der Waals surface area contributed by atoms with Gasteiger partial charge < -0.3 is 14.8 Å². The third kappa shape index (κ3) is 5.65. The molecule has 29 heavy (non-hydrogen) atoms. The molecule has 0 aliphatic carbocycles. The number of para-hydroxylation sites is 1. The molecule has 0 radical (unpaired) electrons. The third-order valence-corrected chi connectivity index (χ3v) is 4.13. The molecule has 148 valence electrons. The fourth-order valence-electron chi connectivity index (χ4n) is 2.57. The van der Waals surface area contributed by atoms with Crippen molar-refractivity contribution in [2.45, 2.75) is 13.5 Å². The van der Waals surface area contributed by atoms with E-state index >= 15 is 0 Å². The maximum Gasteiger partial charge on any atom is 0.342 e. The van der Waals surface area contributed by atoms with Crippen LogP contribution in [-0.2, 0) is 16.1 Å². The molecule has 5 nitrogen and oxygen atoms in total. The summed E-state index contributed by atoms with van der Waals surface area (Å²) in [7, 11) is 0. The molecule has 0 saturated heterocycles. The quantitative estimate of drug-likeness (QED) is 0.600. The number of carbonyl (C=O) groups excluding carboxylic acids is 2. The van der Waals surface area contributed by atoms with Gasteiger partial charge in [0, 0.05) is 5.69 Å². The molecule has 0 bridgehead atoms. The molecular formula is C23H20FNO4. The Bertz CT molecular complexity index is 1000. The number of ether oxygens (including phenoxy) is 2. The number of anilines is 1. The summed E-state index contributed by atoms with van der Waals surface area (Å²) in [5.41, 5.74) is 1.94. The zero-order chi connectivity index (χ0) is 20.6. The topological polar surface area (TPSA) is 64.6 Å². The maximum absolute atomic E-state index is 13.6. The Morgan fingerprint density at radius 3 is 2.45 bits per heavy atom. The number of hydrogen-bond donors (Lipinski definition) is 1. The molecule has 1 N–H and O–H groups in total. The molecule has 0 aliphatic heterocycles. The lowest BCUT2D eigenvalue weighted by molar-refractivity contribution is -0.119. The Morgan fingerprint density at radius 2 is 1.69 bits per heavy atom. The van der Waals surface area contributed by atoms with E-state index in [1.807, 2.05) is 30.3 Å². The van der Waals surface area contributed by atoms with Gasteiger partial charge in [-0.1, -0.05) is 48.5 Å². The first-order valence-electron chi connectivity index (χ1n) is 9.02. The van der Waals surface area contributed by atoms with Gasteiger partial charge in [-0.05, 0) is 42.3 Å². The molecule has 1 amide bonds. The Hall–Kier alpha value is -3.67. The molecule has 6 heteroatoms. The minimum atomic E-state index is -0.682. The highest BCUT2D eigenvalue weighted by atomic mass is 19.1. The number of esters is 1. The average Bonchev–Trinajstić information content (AvgIpc) is 2.74. The molecule has 0 aromatic heterocycles. The van der Waals surface area contributed by atoms with E-state index in [4.69, 9.17) is 9.47 Å². The molecule has 0 fully saturated rings. The van der Waals surface area contributed by atoms with Crippen molar-refractivity contribution in [2.24, 2.45) is 0 Å². The van der Waals surface area contributed by atoms with Gasteiger partial charge in [0.25, 0.3) is 5.91 Å². The number of amides is 1. The van der Waals surface area contributed by atoms with E-state index in [0.717, 1.165) is 5.56 Å². The lowest BCUT2D eigenvalue weighted by Gasteiger charge is -2.11. The Labute approximate surface area is 168 Å². The number of carbonyl (C=O) groups is 2. The van der Waals surface area contributed by atoms with Crippen molar-refractivity contribution in [3.05, 3.63) is 95.3 Å². The minimum absolute atomic E-state index is 0.220. The number of hydrogen-bond acceptors (Lipinski definition) is 4. The smallest absolute Gasteiger partial charge is 0.342 e. The van der Waals surface area contributed by atoms with Crippen LogP contribution >= 0.6 is 0 Å². The van der Waals surface area contributed by atoms with Crippen LogP contribution < -0.4 is 10.1 Å². The first kappa shape index (κ1) is 20.1. The van der Waals surface area contributed by atoms with Crippen molar-refractivity contribution in [1.82, 2.24) is 0 Å². The number of nitrogens with one attached hydrogen (secondary N) is 1. The molecule has 3 aromatic carbocycles. The van der Waals surface area contributed by atoms with Gasteiger partial charge in [0.15, 0.2) is 6.61 Å². The Balaban J connectivity index is 1.57. The lowest BCUT2D eigenvalue weighted by Crippen LogP contribution is -2.21. The van der Waals surface area contributed by atoms with E-state index in [0.29, 0.717) is 23.6 Å². The molecule has 0 atom stereocenters. The number of aryl methyl sites for hydroxylation is 1. The molecule has 3 aromatic rings. The second kappa shape index (κ2) is 9.50. The summed E-state index contributed by atoms with van der Waals surface area (Å²) in [5.74, 6) is -1.31. The molecule has 0 spiro atoms. The molecule has 0 saturated carbocycles. The van der Waals surface area contributed by atoms with Crippen LogP contribution in [0, 0.1) is 12.7 Å². The van der Waals surface area contributed by atoms with Gasteiger partial charge in [-0.15, -0.1) is 0 Å². The van der Waals surface area contributed by atoms with Crippen LogP contribution in [0.1, 0.15) is 21.5 Å². The Morgan fingerprint density at radius 1 is 0.966 bits per heavy atom. The van der Waals surface area contributed by atoms with Gasteiger partial charge in [0.1, 0.15) is 23.7 Å². The molecule has 0 unspecified atom stereocenters. The van der Waals surface area contributed by atoms with E-state index < -0.39 is 24.3 Å². The maximum atomic E-state index is 13.6. The van der Waals surface area contributed by atoms with Gasteiger partial charge in [-0.25, -0.2) is 9.18 Å². The summed E-state index contributed by atoms with van der Waals surface area (Å²) in [5, 5.41) is 2.49. The summed E-state index contributed by atoms with van der Waals surface area (Å²) in [4.78, 5) is 24.4. The second-order valence-electron chi connectivity index (χ2n) is 6.36. The zero-order valence-electron chi connectivity index (χ0n) is 15.9. The van der Waals surface area contributed by atoms with Crippen molar-refractivity contribution < 1.29 is 23.5 Å². The highest BCUT2D eigenvalue weighted by Crippen LogP contribution is 2.20. The normalized spacial score (nSPS) is 10.3. The van der Waals surface area contributed by atoms with E-state index in [9.17, 15) is 14.0 Å². The van der Waals surface area contributed by atoms with Crippen LogP contribution in [0.2, 0.25) is 0 Å². The summed E-state index contributed by atoms with van der Waals surface area (Å²) >= 11 is 0. The summed E-state index contributed by atoms with van der Waals surface area (Å²) in [6, 6.07) is 20.5. The molecule has 0 heterocycles. The average molecular weight is 393 g/mol. The Kier molecular flexibility index (Phi) is 6.58. The van der Waals surface area contributed by atoms with Crippen LogP contribution in [0.4, 0.5) is 10.1 Å². The van der Waals surface area contributed by atoms with Gasteiger partial charge in [-0.3, -0.25) is 4.79 Å². The molecular weight excluding hydrogens is 373 g/mol. The SMILES string of the molecule is Cc1ccc(NC(=O)COC(=O)c2ccccc2OCc2ccccc2)cc1F. The van der Waals surface area contributed by atoms with Crippen LogP contribution in [-0.4, -0.2) is 18.5 Å². The van der Waals surface area contributed by atoms with Crippen molar-refractivity contribution in [3.63, 3.8) is 0 Å². The van der Waals surface area contributed by atoms with Gasteiger partial charge in [-0.2, -0.15) is 0 Å². The second-order valence-corrected chi connectivity index (χ2v) is 6.36. The van der Waals surface area contributed by atoms with Crippen LogP contribution in [0.25, 0.3) is 0 Å². The highest BCUT2D eigenvalue weighted by Gasteiger charge is 2.15.